The highest BCUT2D eigenvalue weighted by molar-refractivity contribution is 6.43. The summed E-state index contributed by atoms with van der Waals surface area (Å²) in [5, 5.41) is 18.5. The largest absolute Gasteiger partial charge is 0.507 e. The van der Waals surface area contributed by atoms with E-state index in [1.54, 1.807) is 6.92 Å². The van der Waals surface area contributed by atoms with Crippen LogP contribution in [0.5, 0.6) is 11.5 Å². The molecule has 0 fully saturated rings. The topological polar surface area (TPSA) is 40.5 Å². The Hall–Kier alpha value is -0.600. The smallest absolute Gasteiger partial charge is 0.142 e. The second kappa shape index (κ2) is 2.80. The van der Waals surface area contributed by atoms with Crippen LogP contribution in [0, 0.1) is 6.92 Å². The Bertz CT molecular complexity index is 271. The van der Waals surface area contributed by atoms with Gasteiger partial charge in [-0.3, -0.25) is 0 Å². The lowest BCUT2D eigenvalue weighted by Gasteiger charge is -2.04. The molecule has 0 amide bonds. The van der Waals surface area contributed by atoms with Gasteiger partial charge in [0, 0.05) is 11.6 Å². The molecule has 60 valence electrons. The molecule has 0 aliphatic carbocycles. The monoisotopic (exact) mass is 192 g/mol. The molecule has 2 nitrogen and oxygen atoms in total. The van der Waals surface area contributed by atoms with Crippen LogP contribution in [0.4, 0.5) is 0 Å². The minimum atomic E-state index is -0.170. The molecule has 0 saturated carbocycles. The molecule has 0 aliphatic heterocycles. The van der Waals surface area contributed by atoms with Gasteiger partial charge >= 0.3 is 0 Å². The summed E-state index contributed by atoms with van der Waals surface area (Å²) >= 11 is 11.1. The predicted molar refractivity (Wildman–Crippen MR) is 44.5 cm³/mol. The highest BCUT2D eigenvalue weighted by atomic mass is 35.5. The molecule has 0 unspecified atom stereocenters. The van der Waals surface area contributed by atoms with E-state index in [0.29, 0.717) is 5.56 Å². The van der Waals surface area contributed by atoms with E-state index in [1.807, 2.05) is 0 Å². The Morgan fingerprint density at radius 1 is 1.27 bits per heavy atom. The number of hydrogen-bond donors (Lipinski definition) is 2. The maximum atomic E-state index is 9.19. The van der Waals surface area contributed by atoms with E-state index in [0.717, 1.165) is 0 Å². The molecule has 1 aromatic carbocycles. The maximum Gasteiger partial charge on any atom is 0.142 e. The molecule has 4 heteroatoms. The second-order valence-electron chi connectivity index (χ2n) is 2.17. The molecular formula is C7H6Cl2O2. The number of halogens is 2. The van der Waals surface area contributed by atoms with Gasteiger partial charge in [-0.05, 0) is 6.92 Å². The first-order valence-corrected chi connectivity index (χ1v) is 3.66. The van der Waals surface area contributed by atoms with Gasteiger partial charge < -0.3 is 10.2 Å². The molecule has 0 saturated heterocycles. The maximum absolute atomic E-state index is 9.19. The lowest BCUT2D eigenvalue weighted by molar-refractivity contribution is 0.443. The summed E-state index contributed by atoms with van der Waals surface area (Å²) in [4.78, 5) is 0. The van der Waals surface area contributed by atoms with E-state index in [9.17, 15) is 5.11 Å². The summed E-state index contributed by atoms with van der Waals surface area (Å²) in [7, 11) is 0. The van der Waals surface area contributed by atoms with Crippen molar-refractivity contribution >= 4 is 23.2 Å². The van der Waals surface area contributed by atoms with Crippen molar-refractivity contribution in [2.45, 2.75) is 6.92 Å². The average molecular weight is 193 g/mol. The van der Waals surface area contributed by atoms with Crippen molar-refractivity contribution in [2.24, 2.45) is 0 Å². The first kappa shape index (κ1) is 8.50. The quantitative estimate of drug-likeness (QED) is 0.664. The van der Waals surface area contributed by atoms with Crippen LogP contribution in [0.3, 0.4) is 0 Å². The Kier molecular flexibility index (Phi) is 2.16. The fourth-order valence-corrected chi connectivity index (χ4v) is 1.08. The van der Waals surface area contributed by atoms with Crippen LogP contribution in [0.1, 0.15) is 5.56 Å². The number of phenolic OH excluding ortho intramolecular Hbond substituents is 2. The standard InChI is InChI=1S/C7H6Cl2O2/c1-3-5(10)2-4(8)6(9)7(3)11/h2,10-11H,1H3. The van der Waals surface area contributed by atoms with Gasteiger partial charge in [0.05, 0.1) is 5.02 Å². The molecule has 0 radical (unpaired) electrons. The van der Waals surface area contributed by atoms with Crippen LogP contribution in [-0.2, 0) is 0 Å². The second-order valence-corrected chi connectivity index (χ2v) is 2.95. The zero-order valence-electron chi connectivity index (χ0n) is 5.73. The summed E-state index contributed by atoms with van der Waals surface area (Å²) in [6.07, 6.45) is 0. The van der Waals surface area contributed by atoms with Gasteiger partial charge in [-0.15, -0.1) is 0 Å². The lowest BCUT2D eigenvalue weighted by Crippen LogP contribution is -1.79. The van der Waals surface area contributed by atoms with E-state index >= 15 is 0 Å². The lowest BCUT2D eigenvalue weighted by atomic mass is 10.2. The number of phenols is 2. The fourth-order valence-electron chi connectivity index (χ4n) is 0.691. The molecule has 0 aliphatic rings. The third-order valence-corrected chi connectivity index (χ3v) is 2.20. The highest BCUT2D eigenvalue weighted by Gasteiger charge is 2.10. The number of rotatable bonds is 0. The number of hydrogen-bond acceptors (Lipinski definition) is 2. The summed E-state index contributed by atoms with van der Waals surface area (Å²) < 4.78 is 0. The van der Waals surface area contributed by atoms with E-state index in [1.165, 1.54) is 6.07 Å². The van der Waals surface area contributed by atoms with Crippen molar-refractivity contribution in [2.75, 3.05) is 0 Å². The van der Waals surface area contributed by atoms with Crippen LogP contribution in [0.25, 0.3) is 0 Å². The molecule has 11 heavy (non-hydrogen) atoms. The zero-order valence-corrected chi connectivity index (χ0v) is 7.24. The minimum Gasteiger partial charge on any atom is -0.507 e. The van der Waals surface area contributed by atoms with E-state index in [-0.39, 0.29) is 21.5 Å². The van der Waals surface area contributed by atoms with Crippen molar-refractivity contribution in [1.29, 1.82) is 0 Å². The van der Waals surface area contributed by atoms with Crippen molar-refractivity contribution in [3.05, 3.63) is 21.7 Å². The molecule has 0 aromatic heterocycles. The van der Waals surface area contributed by atoms with E-state index in [2.05, 4.69) is 0 Å². The SMILES string of the molecule is Cc1c(O)cc(Cl)c(Cl)c1O. The summed E-state index contributed by atoms with van der Waals surface area (Å²) in [5.41, 5.74) is 0.333. The van der Waals surface area contributed by atoms with Gasteiger partial charge in [0.25, 0.3) is 0 Å². The molecule has 0 atom stereocenters. The van der Waals surface area contributed by atoms with Crippen LogP contribution in [0.2, 0.25) is 10.0 Å². The van der Waals surface area contributed by atoms with Crippen molar-refractivity contribution < 1.29 is 10.2 Å². The van der Waals surface area contributed by atoms with Crippen molar-refractivity contribution in [3.8, 4) is 11.5 Å². The molecule has 2 N–H and O–H groups in total. The fraction of sp³-hybridized carbons (Fsp3) is 0.143. The predicted octanol–water partition coefficient (Wildman–Crippen LogP) is 2.71. The summed E-state index contributed by atoms with van der Waals surface area (Å²) in [6, 6.07) is 1.29. The van der Waals surface area contributed by atoms with Gasteiger partial charge in [-0.2, -0.15) is 0 Å². The first-order chi connectivity index (χ1) is 5.04. The summed E-state index contributed by atoms with van der Waals surface area (Å²) in [5.74, 6) is -0.228. The summed E-state index contributed by atoms with van der Waals surface area (Å²) in [6.45, 7) is 1.55. The molecule has 1 aromatic rings. The van der Waals surface area contributed by atoms with Crippen LogP contribution < -0.4 is 0 Å². The Morgan fingerprint density at radius 2 is 1.82 bits per heavy atom. The third kappa shape index (κ3) is 1.37. The van der Waals surface area contributed by atoms with Gasteiger partial charge in [0.15, 0.2) is 0 Å². The Morgan fingerprint density at radius 3 is 2.36 bits per heavy atom. The molecule has 0 heterocycles. The van der Waals surface area contributed by atoms with Crippen LogP contribution >= 0.6 is 23.2 Å². The van der Waals surface area contributed by atoms with Gasteiger partial charge in [-0.1, -0.05) is 23.2 Å². The number of benzene rings is 1. The normalized spacial score (nSPS) is 10.1. The van der Waals surface area contributed by atoms with Gasteiger partial charge in [0.1, 0.15) is 16.5 Å². The van der Waals surface area contributed by atoms with Crippen molar-refractivity contribution in [3.63, 3.8) is 0 Å². The molecular weight excluding hydrogens is 187 g/mol. The minimum absolute atomic E-state index is 0.0584. The van der Waals surface area contributed by atoms with Gasteiger partial charge in [0.2, 0.25) is 0 Å². The average Bonchev–Trinajstić information content (AvgIpc) is 1.97. The van der Waals surface area contributed by atoms with E-state index < -0.39 is 0 Å². The molecule has 1 rings (SSSR count). The highest BCUT2D eigenvalue weighted by Crippen LogP contribution is 2.38. The molecule has 0 spiro atoms. The van der Waals surface area contributed by atoms with Crippen LogP contribution in [-0.4, -0.2) is 10.2 Å². The number of aromatic hydroxyl groups is 2. The zero-order chi connectivity index (χ0) is 8.59. The van der Waals surface area contributed by atoms with Crippen molar-refractivity contribution in [1.82, 2.24) is 0 Å². The Balaban J connectivity index is 3.46. The Labute approximate surface area is 74.0 Å². The third-order valence-electron chi connectivity index (χ3n) is 1.42. The van der Waals surface area contributed by atoms with Gasteiger partial charge in [-0.25, -0.2) is 0 Å². The van der Waals surface area contributed by atoms with E-state index in [4.69, 9.17) is 28.3 Å². The van der Waals surface area contributed by atoms with Crippen LogP contribution in [0.15, 0.2) is 6.07 Å². The molecule has 0 bridgehead atoms. The first-order valence-electron chi connectivity index (χ1n) is 2.90.